The van der Waals surface area contributed by atoms with Crippen molar-refractivity contribution in [1.29, 1.82) is 0 Å². The van der Waals surface area contributed by atoms with Crippen LogP contribution >= 0.6 is 7.26 Å². The zero-order valence-corrected chi connectivity index (χ0v) is 21.3. The lowest BCUT2D eigenvalue weighted by atomic mass is 10.2. The van der Waals surface area contributed by atoms with Crippen molar-refractivity contribution < 1.29 is 24.0 Å². The van der Waals surface area contributed by atoms with Crippen molar-refractivity contribution in [3.8, 4) is 0 Å². The molecule has 0 aliphatic carbocycles. The maximum Gasteiger partial charge on any atom is 0.0594 e. The van der Waals surface area contributed by atoms with E-state index in [4.69, 9.17) is 0 Å². The molecule has 0 N–H and O–H groups in total. The van der Waals surface area contributed by atoms with Gasteiger partial charge in [0, 0.05) is 7.26 Å². The zero-order chi connectivity index (χ0) is 17.9. The first-order chi connectivity index (χ1) is 11.7. The summed E-state index contributed by atoms with van der Waals surface area (Å²) in [5, 5.41) is 0. The minimum absolute atomic E-state index is 0. The van der Waals surface area contributed by atoms with Gasteiger partial charge in [-0.1, -0.05) is 79.1 Å². The highest BCUT2D eigenvalue weighted by Crippen LogP contribution is 2.61. The van der Waals surface area contributed by atoms with Gasteiger partial charge in [0.25, 0.3) is 0 Å². The van der Waals surface area contributed by atoms with Crippen molar-refractivity contribution in [1.82, 2.24) is 0 Å². The normalized spacial score (nSPS) is 11.5. The van der Waals surface area contributed by atoms with E-state index in [0.29, 0.717) is 0 Å². The molecule has 0 unspecified atom stereocenters. The average Bonchev–Trinajstić information content (AvgIpc) is 2.60. The molecule has 0 amide bonds. The van der Waals surface area contributed by atoms with Crippen LogP contribution in [-0.4, -0.2) is 24.6 Å². The molecule has 0 saturated carbocycles. The summed E-state index contributed by atoms with van der Waals surface area (Å²) in [6.07, 6.45) is 28.5. The average molecular weight is 485 g/mol. The van der Waals surface area contributed by atoms with Crippen LogP contribution in [0.5, 0.6) is 0 Å². The molecule has 25 heavy (non-hydrogen) atoms. The Morgan fingerprint density at radius 2 is 0.600 bits per heavy atom. The SMILES string of the molecule is CCCCCC[P+](CCCCC)(CCCCCC)CCCCCC.[I-]. The standard InChI is InChI=1S/C23H50P.HI/c1-5-9-13-17-21-24(20-16-12-8-4,22-18-14-10-6-2)23-19-15-11-7-3;/h5-23H2,1-4H3;1H/q+1;/p-1. The first-order valence-corrected chi connectivity index (χ1v) is 14.1. The fourth-order valence-corrected chi connectivity index (χ4v) is 8.91. The molecule has 0 nitrogen and oxygen atoms in total. The summed E-state index contributed by atoms with van der Waals surface area (Å²) in [6, 6.07) is 0. The third kappa shape index (κ3) is 17.0. The van der Waals surface area contributed by atoms with E-state index in [9.17, 15) is 0 Å². The van der Waals surface area contributed by atoms with Crippen LogP contribution in [0, 0.1) is 0 Å². The Balaban J connectivity index is 0. The largest absolute Gasteiger partial charge is 1.00 e. The van der Waals surface area contributed by atoms with Crippen LogP contribution in [0.3, 0.4) is 0 Å². The lowest BCUT2D eigenvalue weighted by Gasteiger charge is -2.28. The lowest BCUT2D eigenvalue weighted by molar-refractivity contribution is -0.00000558. The van der Waals surface area contributed by atoms with Crippen LogP contribution in [-0.2, 0) is 0 Å². The van der Waals surface area contributed by atoms with E-state index in [0.717, 1.165) is 0 Å². The van der Waals surface area contributed by atoms with Crippen molar-refractivity contribution in [2.75, 3.05) is 24.6 Å². The van der Waals surface area contributed by atoms with E-state index >= 15 is 0 Å². The topological polar surface area (TPSA) is 0 Å². The molecular weight excluding hydrogens is 434 g/mol. The Bertz CT molecular complexity index is 211. The molecule has 0 rings (SSSR count). The number of halogens is 1. The van der Waals surface area contributed by atoms with Crippen LogP contribution in [0.4, 0.5) is 0 Å². The molecule has 0 heterocycles. The van der Waals surface area contributed by atoms with Crippen molar-refractivity contribution in [3.63, 3.8) is 0 Å². The first kappa shape index (κ1) is 28.4. The summed E-state index contributed by atoms with van der Waals surface area (Å²) in [6.45, 7) is 9.40. The molecule has 0 fully saturated rings. The molecule has 0 atom stereocenters. The lowest BCUT2D eigenvalue weighted by Crippen LogP contribution is -3.00. The molecule has 0 radical (unpaired) electrons. The second-order valence-corrected chi connectivity index (χ2v) is 12.6. The van der Waals surface area contributed by atoms with Crippen LogP contribution in [0.25, 0.3) is 0 Å². The second kappa shape index (κ2) is 21.5. The van der Waals surface area contributed by atoms with Crippen molar-refractivity contribution in [2.45, 2.75) is 124 Å². The third-order valence-electron chi connectivity index (χ3n) is 5.69. The van der Waals surface area contributed by atoms with Gasteiger partial charge in [0.05, 0.1) is 24.6 Å². The maximum absolute atomic E-state index is 2.36. The molecule has 0 aliphatic heterocycles. The number of rotatable bonds is 19. The Morgan fingerprint density at radius 3 is 0.880 bits per heavy atom. The highest BCUT2D eigenvalue weighted by atomic mass is 127. The molecule has 2 heteroatoms. The summed E-state index contributed by atoms with van der Waals surface area (Å²) < 4.78 is 0. The van der Waals surface area contributed by atoms with Crippen molar-refractivity contribution >= 4 is 7.26 Å². The van der Waals surface area contributed by atoms with E-state index < -0.39 is 7.26 Å². The van der Waals surface area contributed by atoms with Gasteiger partial charge in [0.15, 0.2) is 0 Å². The predicted molar refractivity (Wildman–Crippen MR) is 118 cm³/mol. The summed E-state index contributed by atoms with van der Waals surface area (Å²) in [4.78, 5) is 0. The van der Waals surface area contributed by atoms with Crippen molar-refractivity contribution in [3.05, 3.63) is 0 Å². The number of unbranched alkanes of at least 4 members (excludes halogenated alkanes) is 11. The zero-order valence-electron chi connectivity index (χ0n) is 18.3. The van der Waals surface area contributed by atoms with Gasteiger partial charge in [0.2, 0.25) is 0 Å². The summed E-state index contributed by atoms with van der Waals surface area (Å²) in [7, 11) is -0.646. The van der Waals surface area contributed by atoms with E-state index in [1.165, 1.54) is 96.3 Å². The maximum atomic E-state index is 2.36. The minimum atomic E-state index is -0.646. The summed E-state index contributed by atoms with van der Waals surface area (Å²) in [5.74, 6) is 0. The molecular formula is C23H50IP. The van der Waals surface area contributed by atoms with E-state index in [1.54, 1.807) is 24.6 Å². The molecule has 0 aromatic carbocycles. The third-order valence-corrected chi connectivity index (χ3v) is 10.8. The highest BCUT2D eigenvalue weighted by Gasteiger charge is 2.34. The molecule has 154 valence electrons. The van der Waals surface area contributed by atoms with Gasteiger partial charge in [-0.15, -0.1) is 0 Å². The molecule has 0 aromatic rings. The predicted octanol–water partition coefficient (Wildman–Crippen LogP) is 5.94. The Morgan fingerprint density at radius 1 is 0.360 bits per heavy atom. The van der Waals surface area contributed by atoms with Crippen molar-refractivity contribution in [2.24, 2.45) is 0 Å². The van der Waals surface area contributed by atoms with Crippen LogP contribution in [0.1, 0.15) is 124 Å². The summed E-state index contributed by atoms with van der Waals surface area (Å²) in [5.41, 5.74) is 0. The number of hydrogen-bond acceptors (Lipinski definition) is 0. The molecule has 0 spiro atoms. The molecule has 0 bridgehead atoms. The van der Waals surface area contributed by atoms with E-state index in [-0.39, 0.29) is 24.0 Å². The smallest absolute Gasteiger partial charge is 0.0594 e. The first-order valence-electron chi connectivity index (χ1n) is 11.6. The number of hydrogen-bond donors (Lipinski definition) is 0. The fraction of sp³-hybridized carbons (Fsp3) is 1.00. The van der Waals surface area contributed by atoms with E-state index in [2.05, 4.69) is 27.7 Å². The highest BCUT2D eigenvalue weighted by molar-refractivity contribution is 7.75. The molecule has 0 saturated heterocycles. The second-order valence-electron chi connectivity index (χ2n) is 8.13. The summed E-state index contributed by atoms with van der Waals surface area (Å²) >= 11 is 0. The van der Waals surface area contributed by atoms with Gasteiger partial charge < -0.3 is 24.0 Å². The van der Waals surface area contributed by atoms with Gasteiger partial charge in [-0.2, -0.15) is 0 Å². The van der Waals surface area contributed by atoms with Crippen LogP contribution < -0.4 is 24.0 Å². The molecule has 0 aliphatic rings. The van der Waals surface area contributed by atoms with Gasteiger partial charge in [-0.25, -0.2) is 0 Å². The van der Waals surface area contributed by atoms with Gasteiger partial charge >= 0.3 is 0 Å². The van der Waals surface area contributed by atoms with Gasteiger partial charge in [0.1, 0.15) is 0 Å². The molecule has 0 aromatic heterocycles. The van der Waals surface area contributed by atoms with E-state index in [1.807, 2.05) is 0 Å². The Labute approximate surface area is 179 Å². The van der Waals surface area contributed by atoms with Crippen LogP contribution in [0.15, 0.2) is 0 Å². The minimum Gasteiger partial charge on any atom is -1.00 e. The fourth-order valence-electron chi connectivity index (χ4n) is 3.99. The van der Waals surface area contributed by atoms with Gasteiger partial charge in [-0.3, -0.25) is 0 Å². The Hall–Kier alpha value is 1.16. The monoisotopic (exact) mass is 484 g/mol. The Kier molecular flexibility index (Phi) is 24.4. The van der Waals surface area contributed by atoms with Gasteiger partial charge in [-0.05, 0) is 44.9 Å². The quantitative estimate of drug-likeness (QED) is 0.121. The van der Waals surface area contributed by atoms with Crippen LogP contribution in [0.2, 0.25) is 0 Å².